The Balaban J connectivity index is 2.61. The number of nitrogens with zero attached hydrogens (tertiary/aromatic N) is 1. The molecule has 0 aliphatic rings. The molecule has 102 valence electrons. The summed E-state index contributed by atoms with van der Waals surface area (Å²) >= 11 is 0. The van der Waals surface area contributed by atoms with Gasteiger partial charge in [-0.1, -0.05) is 12.1 Å². The van der Waals surface area contributed by atoms with E-state index in [2.05, 4.69) is 0 Å². The van der Waals surface area contributed by atoms with Crippen molar-refractivity contribution in [3.05, 3.63) is 57.6 Å². The summed E-state index contributed by atoms with van der Waals surface area (Å²) in [6.45, 7) is 0. The van der Waals surface area contributed by atoms with Crippen LogP contribution in [0.15, 0.2) is 36.4 Å². The fourth-order valence-corrected chi connectivity index (χ4v) is 1.79. The summed E-state index contributed by atoms with van der Waals surface area (Å²) in [7, 11) is 0. The molecule has 0 fully saturated rings. The number of aromatic hydroxyl groups is 3. The number of phenolic OH excluding ortho intramolecular Hbond substituents is 3. The van der Waals surface area contributed by atoms with Crippen LogP contribution >= 0.6 is 0 Å². The Morgan fingerprint density at radius 2 is 1.60 bits per heavy atom. The van der Waals surface area contributed by atoms with Crippen LogP contribution in [0.25, 0.3) is 0 Å². The van der Waals surface area contributed by atoms with E-state index in [4.69, 9.17) is 0 Å². The van der Waals surface area contributed by atoms with Crippen molar-refractivity contribution in [3.63, 3.8) is 0 Å². The number of nitro benzene ring substituents is 1. The number of carbonyl (C=O) groups is 1. The minimum absolute atomic E-state index is 0.270. The summed E-state index contributed by atoms with van der Waals surface area (Å²) in [4.78, 5) is 22.4. The third kappa shape index (κ3) is 2.24. The number of benzene rings is 2. The first-order valence-corrected chi connectivity index (χ1v) is 5.45. The molecule has 7 heteroatoms. The highest BCUT2D eigenvalue weighted by Crippen LogP contribution is 2.35. The van der Waals surface area contributed by atoms with E-state index in [1.807, 2.05) is 0 Å². The molecule has 7 nitrogen and oxygen atoms in total. The zero-order chi connectivity index (χ0) is 14.9. The molecule has 0 radical (unpaired) electrons. The van der Waals surface area contributed by atoms with E-state index in [0.717, 1.165) is 18.2 Å². The van der Waals surface area contributed by atoms with Crippen molar-refractivity contribution in [3.8, 4) is 17.2 Å². The molecule has 0 aromatic heterocycles. The lowest BCUT2D eigenvalue weighted by molar-refractivity contribution is -0.385. The first-order chi connectivity index (χ1) is 9.41. The standard InChI is InChI=1S/C13H9NO6/c15-7-5-10(16)12(11(17)6-7)13(18)8-3-1-2-4-9(8)14(19)20/h1-6,15-17H. The molecule has 0 aliphatic carbocycles. The number of carbonyl (C=O) groups excluding carboxylic acids is 1. The summed E-state index contributed by atoms with van der Waals surface area (Å²) in [6, 6.07) is 6.90. The SMILES string of the molecule is O=C(c1ccccc1[N+](=O)[O-])c1c(O)cc(O)cc1O. The number of hydrogen-bond acceptors (Lipinski definition) is 6. The van der Waals surface area contributed by atoms with Gasteiger partial charge >= 0.3 is 0 Å². The van der Waals surface area contributed by atoms with Crippen molar-refractivity contribution < 1.29 is 25.0 Å². The lowest BCUT2D eigenvalue weighted by Gasteiger charge is -2.07. The van der Waals surface area contributed by atoms with Crippen LogP contribution in [-0.2, 0) is 0 Å². The van der Waals surface area contributed by atoms with Crippen molar-refractivity contribution >= 4 is 11.5 Å². The van der Waals surface area contributed by atoms with E-state index >= 15 is 0 Å². The largest absolute Gasteiger partial charge is 0.508 e. The van der Waals surface area contributed by atoms with Crippen LogP contribution in [-0.4, -0.2) is 26.0 Å². The Labute approximate surface area is 112 Å². The van der Waals surface area contributed by atoms with Gasteiger partial charge in [0.05, 0.1) is 4.92 Å². The Hall–Kier alpha value is -3.09. The number of rotatable bonds is 3. The minimum Gasteiger partial charge on any atom is -0.508 e. The molecule has 0 atom stereocenters. The number of phenols is 3. The number of para-hydroxylation sites is 1. The summed E-state index contributed by atoms with van der Waals surface area (Å²) in [5.74, 6) is -2.66. The minimum atomic E-state index is -0.910. The van der Waals surface area contributed by atoms with Crippen LogP contribution in [0.3, 0.4) is 0 Å². The highest BCUT2D eigenvalue weighted by molar-refractivity contribution is 6.14. The van der Waals surface area contributed by atoms with Crippen LogP contribution in [0.2, 0.25) is 0 Å². The Morgan fingerprint density at radius 3 is 2.15 bits per heavy atom. The first kappa shape index (κ1) is 13.3. The van der Waals surface area contributed by atoms with Gasteiger partial charge in [-0.3, -0.25) is 14.9 Å². The Bertz CT molecular complexity index is 687. The molecule has 0 heterocycles. The maximum atomic E-state index is 12.2. The fraction of sp³-hybridized carbons (Fsp3) is 0. The first-order valence-electron chi connectivity index (χ1n) is 5.45. The van der Waals surface area contributed by atoms with Gasteiger partial charge in [-0.25, -0.2) is 0 Å². The quantitative estimate of drug-likeness (QED) is 0.447. The van der Waals surface area contributed by atoms with Gasteiger partial charge in [0.1, 0.15) is 28.4 Å². The van der Waals surface area contributed by atoms with Crippen molar-refractivity contribution in [2.45, 2.75) is 0 Å². The maximum absolute atomic E-state index is 12.2. The Morgan fingerprint density at radius 1 is 1.05 bits per heavy atom. The molecular formula is C13H9NO6. The van der Waals surface area contributed by atoms with Gasteiger partial charge in [-0.2, -0.15) is 0 Å². The van der Waals surface area contributed by atoms with E-state index in [9.17, 15) is 30.2 Å². The monoisotopic (exact) mass is 275 g/mol. The van der Waals surface area contributed by atoms with E-state index in [-0.39, 0.29) is 5.56 Å². The number of hydrogen-bond donors (Lipinski definition) is 3. The normalized spacial score (nSPS) is 10.2. The van der Waals surface area contributed by atoms with Gasteiger partial charge in [0.15, 0.2) is 0 Å². The molecule has 20 heavy (non-hydrogen) atoms. The second-order valence-electron chi connectivity index (χ2n) is 3.96. The van der Waals surface area contributed by atoms with Crippen molar-refractivity contribution in [1.82, 2.24) is 0 Å². The van der Waals surface area contributed by atoms with Gasteiger partial charge in [0, 0.05) is 18.2 Å². The van der Waals surface area contributed by atoms with Gasteiger partial charge < -0.3 is 15.3 Å². The highest BCUT2D eigenvalue weighted by Gasteiger charge is 2.25. The molecule has 0 saturated heterocycles. The Kier molecular flexibility index (Phi) is 3.26. The molecule has 0 spiro atoms. The molecule has 2 rings (SSSR count). The molecular weight excluding hydrogens is 266 g/mol. The van der Waals surface area contributed by atoms with E-state index in [0.29, 0.717) is 0 Å². The molecule has 2 aromatic rings. The number of nitro groups is 1. The maximum Gasteiger partial charge on any atom is 0.280 e. The van der Waals surface area contributed by atoms with Crippen LogP contribution in [0, 0.1) is 10.1 Å². The zero-order valence-corrected chi connectivity index (χ0v) is 9.98. The summed E-state index contributed by atoms with van der Waals surface area (Å²) in [5, 5.41) is 39.3. The van der Waals surface area contributed by atoms with Crippen molar-refractivity contribution in [2.24, 2.45) is 0 Å². The van der Waals surface area contributed by atoms with Gasteiger partial charge in [0.2, 0.25) is 5.78 Å². The molecule has 0 aliphatic heterocycles. The predicted octanol–water partition coefficient (Wildman–Crippen LogP) is 1.94. The lowest BCUT2D eigenvalue weighted by atomic mass is 10.00. The lowest BCUT2D eigenvalue weighted by Crippen LogP contribution is -2.06. The van der Waals surface area contributed by atoms with Crippen LogP contribution in [0.4, 0.5) is 5.69 Å². The molecule has 0 bridgehead atoms. The van der Waals surface area contributed by atoms with Crippen molar-refractivity contribution in [2.75, 3.05) is 0 Å². The summed E-state index contributed by atoms with van der Waals surface area (Å²) in [6.07, 6.45) is 0. The van der Waals surface area contributed by atoms with Crippen molar-refractivity contribution in [1.29, 1.82) is 0 Å². The predicted molar refractivity (Wildman–Crippen MR) is 68.0 cm³/mol. The highest BCUT2D eigenvalue weighted by atomic mass is 16.6. The summed E-state index contributed by atoms with van der Waals surface area (Å²) < 4.78 is 0. The molecule has 0 amide bonds. The van der Waals surface area contributed by atoms with Crippen LogP contribution < -0.4 is 0 Å². The number of ketones is 1. The summed E-state index contributed by atoms with van der Waals surface area (Å²) in [5.41, 5.74) is -1.21. The molecule has 0 saturated carbocycles. The van der Waals surface area contributed by atoms with E-state index in [1.54, 1.807) is 0 Å². The zero-order valence-electron chi connectivity index (χ0n) is 9.98. The van der Waals surface area contributed by atoms with E-state index in [1.165, 1.54) is 18.2 Å². The fourth-order valence-electron chi connectivity index (χ4n) is 1.79. The molecule has 2 aromatic carbocycles. The third-order valence-electron chi connectivity index (χ3n) is 2.65. The van der Waals surface area contributed by atoms with Gasteiger partial charge in [0.25, 0.3) is 5.69 Å². The van der Waals surface area contributed by atoms with Crippen LogP contribution in [0.1, 0.15) is 15.9 Å². The van der Waals surface area contributed by atoms with Gasteiger partial charge in [-0.15, -0.1) is 0 Å². The topological polar surface area (TPSA) is 121 Å². The third-order valence-corrected chi connectivity index (χ3v) is 2.65. The molecule has 3 N–H and O–H groups in total. The van der Waals surface area contributed by atoms with Gasteiger partial charge in [-0.05, 0) is 6.07 Å². The van der Waals surface area contributed by atoms with Crippen LogP contribution in [0.5, 0.6) is 17.2 Å². The van der Waals surface area contributed by atoms with E-state index < -0.39 is 39.2 Å². The molecule has 0 unspecified atom stereocenters. The average molecular weight is 275 g/mol. The smallest absolute Gasteiger partial charge is 0.280 e. The average Bonchev–Trinajstić information content (AvgIpc) is 2.37. The second-order valence-corrected chi connectivity index (χ2v) is 3.96. The second kappa shape index (κ2) is 4.88.